The number of primary amides is 1. The molecule has 0 atom stereocenters. The predicted molar refractivity (Wildman–Crippen MR) is 83.4 cm³/mol. The molecule has 1 amide bonds. The van der Waals surface area contributed by atoms with E-state index in [0.29, 0.717) is 5.69 Å². The van der Waals surface area contributed by atoms with Gasteiger partial charge in [0.05, 0.1) is 0 Å². The van der Waals surface area contributed by atoms with E-state index in [9.17, 15) is 4.79 Å². The Bertz CT molecular complexity index is 650. The fraction of sp³-hybridized carbons (Fsp3) is 0.294. The van der Waals surface area contributed by atoms with Gasteiger partial charge in [-0.25, -0.2) is 0 Å². The first-order valence-electron chi connectivity index (χ1n) is 7.13. The lowest BCUT2D eigenvalue weighted by atomic mass is 9.95. The van der Waals surface area contributed by atoms with Gasteiger partial charge in [-0.05, 0) is 30.5 Å². The second kappa shape index (κ2) is 5.20. The van der Waals surface area contributed by atoms with Crippen LogP contribution in [0.1, 0.15) is 28.9 Å². The van der Waals surface area contributed by atoms with Crippen LogP contribution in [0, 0.1) is 0 Å². The topological polar surface area (TPSA) is 59.2 Å². The minimum absolute atomic E-state index is 0.242. The van der Waals surface area contributed by atoms with Crippen LogP contribution in [0.15, 0.2) is 48.7 Å². The van der Waals surface area contributed by atoms with Crippen LogP contribution < -0.4 is 10.6 Å². The molecule has 0 radical (unpaired) electrons. The number of carbonyl (C=O) groups excluding carboxylic acids is 1. The van der Waals surface area contributed by atoms with Gasteiger partial charge < -0.3 is 10.6 Å². The highest BCUT2D eigenvalue weighted by Crippen LogP contribution is 2.48. The Morgan fingerprint density at radius 2 is 2.00 bits per heavy atom. The highest BCUT2D eigenvalue weighted by Gasteiger charge is 2.44. The van der Waals surface area contributed by atoms with Crippen molar-refractivity contribution in [2.45, 2.75) is 18.3 Å². The molecule has 21 heavy (non-hydrogen) atoms. The molecule has 0 bridgehead atoms. The minimum Gasteiger partial charge on any atom is -0.374 e. The van der Waals surface area contributed by atoms with Crippen molar-refractivity contribution in [3.8, 4) is 0 Å². The SMILES string of the molecule is CN(CC1(c2ccccc2)CC1)c1ccnc(C(N)=O)c1. The summed E-state index contributed by atoms with van der Waals surface area (Å²) in [4.78, 5) is 17.4. The summed E-state index contributed by atoms with van der Waals surface area (Å²) in [5.41, 5.74) is 8.21. The van der Waals surface area contributed by atoms with Gasteiger partial charge >= 0.3 is 0 Å². The average molecular weight is 281 g/mol. The third-order valence-electron chi connectivity index (χ3n) is 4.22. The number of hydrogen-bond donors (Lipinski definition) is 1. The molecule has 1 saturated carbocycles. The van der Waals surface area contributed by atoms with Crippen LogP contribution in [0.5, 0.6) is 0 Å². The van der Waals surface area contributed by atoms with Crippen LogP contribution in [0.25, 0.3) is 0 Å². The monoisotopic (exact) mass is 281 g/mol. The molecule has 108 valence electrons. The van der Waals surface area contributed by atoms with Gasteiger partial charge in [-0.15, -0.1) is 0 Å². The summed E-state index contributed by atoms with van der Waals surface area (Å²) in [7, 11) is 2.04. The number of hydrogen-bond acceptors (Lipinski definition) is 3. The van der Waals surface area contributed by atoms with E-state index in [1.54, 1.807) is 12.3 Å². The quantitative estimate of drug-likeness (QED) is 0.915. The molecule has 0 unspecified atom stereocenters. The van der Waals surface area contributed by atoms with Gasteiger partial charge in [0.1, 0.15) is 5.69 Å². The molecule has 1 aliphatic carbocycles. The van der Waals surface area contributed by atoms with Crippen molar-refractivity contribution in [3.05, 3.63) is 59.9 Å². The summed E-state index contributed by atoms with van der Waals surface area (Å²) in [6.07, 6.45) is 4.04. The molecular formula is C17H19N3O. The van der Waals surface area contributed by atoms with Crippen molar-refractivity contribution in [2.24, 2.45) is 5.73 Å². The Morgan fingerprint density at radius 3 is 2.62 bits per heavy atom. The summed E-state index contributed by atoms with van der Waals surface area (Å²) in [6.45, 7) is 0.930. The van der Waals surface area contributed by atoms with Crippen molar-refractivity contribution in [1.29, 1.82) is 0 Å². The molecule has 0 aliphatic heterocycles. The molecule has 1 fully saturated rings. The van der Waals surface area contributed by atoms with Gasteiger partial charge in [0.2, 0.25) is 0 Å². The molecule has 2 N–H and O–H groups in total. The van der Waals surface area contributed by atoms with Crippen LogP contribution in [-0.2, 0) is 5.41 Å². The van der Waals surface area contributed by atoms with E-state index in [1.807, 2.05) is 19.2 Å². The third-order valence-corrected chi connectivity index (χ3v) is 4.22. The van der Waals surface area contributed by atoms with E-state index < -0.39 is 5.91 Å². The van der Waals surface area contributed by atoms with Crippen LogP contribution in [0.3, 0.4) is 0 Å². The van der Waals surface area contributed by atoms with Gasteiger partial charge in [-0.2, -0.15) is 0 Å². The first-order valence-corrected chi connectivity index (χ1v) is 7.13. The number of benzene rings is 1. The molecule has 2 aromatic rings. The first-order chi connectivity index (χ1) is 10.1. The normalized spacial score (nSPS) is 15.5. The number of aromatic nitrogens is 1. The largest absolute Gasteiger partial charge is 0.374 e. The molecule has 4 heteroatoms. The highest BCUT2D eigenvalue weighted by molar-refractivity contribution is 5.91. The van der Waals surface area contributed by atoms with Crippen LogP contribution in [-0.4, -0.2) is 24.5 Å². The van der Waals surface area contributed by atoms with Gasteiger partial charge in [0.25, 0.3) is 5.91 Å². The number of amides is 1. The number of carbonyl (C=O) groups is 1. The molecule has 1 aromatic carbocycles. The number of pyridine rings is 1. The van der Waals surface area contributed by atoms with Crippen LogP contribution in [0.2, 0.25) is 0 Å². The maximum atomic E-state index is 11.2. The standard InChI is InChI=1S/C17H19N3O/c1-20(14-7-10-19-15(11-14)16(18)21)12-17(8-9-17)13-5-3-2-4-6-13/h2-7,10-11H,8-9,12H2,1H3,(H2,18,21). The van der Waals surface area contributed by atoms with E-state index in [2.05, 4.69) is 34.1 Å². The number of nitrogens with zero attached hydrogens (tertiary/aromatic N) is 2. The van der Waals surface area contributed by atoms with Crippen molar-refractivity contribution >= 4 is 11.6 Å². The van der Waals surface area contributed by atoms with Crippen molar-refractivity contribution in [3.63, 3.8) is 0 Å². The zero-order chi connectivity index (χ0) is 14.9. The highest BCUT2D eigenvalue weighted by atomic mass is 16.1. The molecule has 0 saturated heterocycles. The fourth-order valence-corrected chi connectivity index (χ4v) is 2.82. The van der Waals surface area contributed by atoms with E-state index in [1.165, 1.54) is 18.4 Å². The van der Waals surface area contributed by atoms with E-state index in [4.69, 9.17) is 5.73 Å². The van der Waals surface area contributed by atoms with E-state index in [-0.39, 0.29) is 5.41 Å². The zero-order valence-electron chi connectivity index (χ0n) is 12.1. The minimum atomic E-state index is -0.491. The number of nitrogens with two attached hydrogens (primary N) is 1. The fourth-order valence-electron chi connectivity index (χ4n) is 2.82. The Balaban J connectivity index is 1.79. The smallest absolute Gasteiger partial charge is 0.267 e. The van der Waals surface area contributed by atoms with Crippen LogP contribution >= 0.6 is 0 Å². The van der Waals surface area contributed by atoms with Gasteiger partial charge in [0, 0.05) is 30.9 Å². The predicted octanol–water partition coefficient (Wildman–Crippen LogP) is 2.35. The summed E-state index contributed by atoms with van der Waals surface area (Å²) in [5.74, 6) is -0.491. The van der Waals surface area contributed by atoms with Crippen molar-refractivity contribution in [2.75, 3.05) is 18.5 Å². The Morgan fingerprint density at radius 1 is 1.29 bits per heavy atom. The summed E-state index contributed by atoms with van der Waals surface area (Å²) in [5, 5.41) is 0. The number of rotatable bonds is 5. The molecule has 1 aliphatic rings. The maximum absolute atomic E-state index is 11.2. The van der Waals surface area contributed by atoms with Gasteiger partial charge in [-0.1, -0.05) is 30.3 Å². The Hall–Kier alpha value is -2.36. The van der Waals surface area contributed by atoms with Crippen molar-refractivity contribution < 1.29 is 4.79 Å². The lowest BCUT2D eigenvalue weighted by Gasteiger charge is -2.26. The lowest BCUT2D eigenvalue weighted by molar-refractivity contribution is 0.0995. The van der Waals surface area contributed by atoms with Crippen LogP contribution in [0.4, 0.5) is 5.69 Å². The van der Waals surface area contributed by atoms with E-state index >= 15 is 0 Å². The second-order valence-electron chi connectivity index (χ2n) is 5.77. The van der Waals surface area contributed by atoms with Gasteiger partial charge in [-0.3, -0.25) is 9.78 Å². The Labute approximate surface area is 124 Å². The summed E-state index contributed by atoms with van der Waals surface area (Å²) in [6, 6.07) is 14.3. The molecular weight excluding hydrogens is 262 g/mol. The summed E-state index contributed by atoms with van der Waals surface area (Å²) >= 11 is 0. The molecule has 1 heterocycles. The number of likely N-dealkylation sites (N-methyl/N-ethyl adjacent to an activating group) is 1. The zero-order valence-corrected chi connectivity index (χ0v) is 12.1. The molecule has 4 nitrogen and oxygen atoms in total. The second-order valence-corrected chi connectivity index (χ2v) is 5.77. The van der Waals surface area contributed by atoms with Crippen molar-refractivity contribution in [1.82, 2.24) is 4.98 Å². The first kappa shape index (κ1) is 13.6. The Kier molecular flexibility index (Phi) is 3.37. The molecule has 0 spiro atoms. The number of anilines is 1. The van der Waals surface area contributed by atoms with E-state index in [0.717, 1.165) is 12.2 Å². The average Bonchev–Trinajstić information content (AvgIpc) is 3.29. The third kappa shape index (κ3) is 2.75. The molecule has 1 aromatic heterocycles. The molecule has 3 rings (SSSR count). The lowest BCUT2D eigenvalue weighted by Crippen LogP contribution is -2.29. The van der Waals surface area contributed by atoms with Gasteiger partial charge in [0.15, 0.2) is 0 Å². The maximum Gasteiger partial charge on any atom is 0.267 e. The summed E-state index contributed by atoms with van der Waals surface area (Å²) < 4.78 is 0.